The molecule has 0 aliphatic carbocycles. The molecule has 1 saturated heterocycles. The van der Waals surface area contributed by atoms with E-state index < -0.39 is 0 Å². The van der Waals surface area contributed by atoms with Crippen molar-refractivity contribution in [1.82, 2.24) is 10.3 Å². The molecule has 154 valence electrons. The summed E-state index contributed by atoms with van der Waals surface area (Å²) in [7, 11) is 0. The van der Waals surface area contributed by atoms with Crippen LogP contribution in [0.5, 0.6) is 5.75 Å². The van der Waals surface area contributed by atoms with Crippen LogP contribution in [0, 0.1) is 0 Å². The van der Waals surface area contributed by atoms with Gasteiger partial charge in [-0.15, -0.1) is 0 Å². The molecule has 0 radical (unpaired) electrons. The first-order valence-corrected chi connectivity index (χ1v) is 10.2. The van der Waals surface area contributed by atoms with Crippen LogP contribution in [0.1, 0.15) is 29.3 Å². The molecule has 1 N–H and O–H groups in total. The topological polar surface area (TPSA) is 63.2 Å². The highest BCUT2D eigenvalue weighted by atomic mass is 35.5. The molecule has 0 saturated carbocycles. The van der Waals surface area contributed by atoms with E-state index in [2.05, 4.69) is 15.4 Å². The van der Waals surface area contributed by atoms with Gasteiger partial charge in [0.2, 0.25) is 0 Å². The molecule has 1 fully saturated rings. The third-order valence-corrected chi connectivity index (χ3v) is 4.92. The van der Waals surface area contributed by atoms with E-state index in [1.54, 1.807) is 24.3 Å². The zero-order valence-electron chi connectivity index (χ0n) is 16.6. The van der Waals surface area contributed by atoms with Crippen LogP contribution in [0.25, 0.3) is 0 Å². The number of carbonyl (C=O) groups excluding carboxylic acids is 1. The lowest BCUT2D eigenvalue weighted by Crippen LogP contribution is -2.38. The Morgan fingerprint density at radius 3 is 2.62 bits per heavy atom. The van der Waals surface area contributed by atoms with Gasteiger partial charge in [0.1, 0.15) is 12.4 Å². The molecular weight excluding hydrogens is 390 g/mol. The van der Waals surface area contributed by atoms with Crippen LogP contribution in [0.15, 0.2) is 53.6 Å². The zero-order chi connectivity index (χ0) is 20.5. The molecule has 6 nitrogen and oxygen atoms in total. The first-order chi connectivity index (χ1) is 14.2. The number of hydrazone groups is 1. The molecule has 0 unspecified atom stereocenters. The molecule has 0 atom stereocenters. The first-order valence-electron chi connectivity index (χ1n) is 9.81. The van der Waals surface area contributed by atoms with Gasteiger partial charge in [-0.05, 0) is 54.4 Å². The van der Waals surface area contributed by atoms with E-state index in [1.807, 2.05) is 31.2 Å². The van der Waals surface area contributed by atoms with Crippen LogP contribution in [0.2, 0.25) is 5.02 Å². The number of benzene rings is 2. The number of carbonyl (C=O) groups is 1. The average Bonchev–Trinajstić information content (AvgIpc) is 2.76. The van der Waals surface area contributed by atoms with Gasteiger partial charge < -0.3 is 9.47 Å². The Balaban J connectivity index is 1.53. The Hall–Kier alpha value is -2.41. The number of morpholine rings is 1. The normalized spacial score (nSPS) is 15.2. The number of hydrogen-bond donors (Lipinski definition) is 1. The van der Waals surface area contributed by atoms with Crippen molar-refractivity contribution < 1.29 is 14.3 Å². The second kappa shape index (κ2) is 11.0. The minimum absolute atomic E-state index is 0.290. The van der Waals surface area contributed by atoms with Gasteiger partial charge in [-0.3, -0.25) is 9.69 Å². The first kappa shape index (κ1) is 21.3. The van der Waals surface area contributed by atoms with Crippen molar-refractivity contribution in [2.24, 2.45) is 5.10 Å². The van der Waals surface area contributed by atoms with E-state index in [0.717, 1.165) is 49.9 Å². The van der Waals surface area contributed by atoms with Crippen LogP contribution < -0.4 is 10.2 Å². The lowest BCUT2D eigenvalue weighted by Gasteiger charge is -2.26. The highest BCUT2D eigenvalue weighted by molar-refractivity contribution is 6.30. The van der Waals surface area contributed by atoms with Gasteiger partial charge in [-0.1, -0.05) is 24.6 Å². The Bertz CT molecular complexity index is 833. The van der Waals surface area contributed by atoms with Crippen molar-refractivity contribution in [1.29, 1.82) is 0 Å². The van der Waals surface area contributed by atoms with E-state index in [0.29, 0.717) is 23.6 Å². The van der Waals surface area contributed by atoms with E-state index in [9.17, 15) is 4.79 Å². The van der Waals surface area contributed by atoms with Gasteiger partial charge in [0, 0.05) is 30.2 Å². The molecule has 7 heteroatoms. The predicted molar refractivity (Wildman–Crippen MR) is 115 cm³/mol. The average molecular weight is 416 g/mol. The molecule has 0 bridgehead atoms. The second-order valence-corrected chi connectivity index (χ2v) is 7.13. The lowest BCUT2D eigenvalue weighted by atomic mass is 10.1. The van der Waals surface area contributed by atoms with E-state index in [4.69, 9.17) is 21.1 Å². The van der Waals surface area contributed by atoms with Crippen LogP contribution >= 0.6 is 11.6 Å². The molecule has 1 aliphatic heterocycles. The number of halogens is 1. The summed E-state index contributed by atoms with van der Waals surface area (Å²) in [4.78, 5) is 14.6. The van der Waals surface area contributed by atoms with Gasteiger partial charge in [0.05, 0.1) is 18.9 Å². The van der Waals surface area contributed by atoms with E-state index >= 15 is 0 Å². The van der Waals surface area contributed by atoms with Gasteiger partial charge in [-0.25, -0.2) is 5.43 Å². The fourth-order valence-corrected chi connectivity index (χ4v) is 3.21. The third-order valence-electron chi connectivity index (χ3n) is 4.68. The Morgan fingerprint density at radius 2 is 1.93 bits per heavy atom. The van der Waals surface area contributed by atoms with Crippen molar-refractivity contribution in [3.63, 3.8) is 0 Å². The number of rotatable bonds is 8. The number of nitrogens with one attached hydrogen (secondary N) is 1. The lowest BCUT2D eigenvalue weighted by molar-refractivity contribution is 0.0322. The largest absolute Gasteiger partial charge is 0.492 e. The molecule has 0 spiro atoms. The fraction of sp³-hybridized carbons (Fsp3) is 0.364. The van der Waals surface area contributed by atoms with Gasteiger partial charge in [-0.2, -0.15) is 5.10 Å². The SMILES string of the molecule is CC/C(=N/NC(=O)c1cccc(Cl)c1)c1ccc(OCCN2CCOCC2)cc1. The van der Waals surface area contributed by atoms with Crippen LogP contribution in [0.3, 0.4) is 0 Å². The van der Waals surface area contributed by atoms with Crippen molar-refractivity contribution >= 4 is 23.2 Å². The summed E-state index contributed by atoms with van der Waals surface area (Å²) in [5.41, 5.74) is 4.81. The molecule has 0 aromatic heterocycles. The predicted octanol–water partition coefficient (Wildman–Crippen LogP) is 3.60. The van der Waals surface area contributed by atoms with Crippen molar-refractivity contribution in [3.05, 3.63) is 64.7 Å². The Labute approximate surface area is 176 Å². The maximum Gasteiger partial charge on any atom is 0.271 e. The third kappa shape index (κ3) is 6.56. The molecule has 1 aliphatic rings. The summed E-state index contributed by atoms with van der Waals surface area (Å²) in [6.07, 6.45) is 0.688. The highest BCUT2D eigenvalue weighted by Crippen LogP contribution is 2.15. The standard InChI is InChI=1S/C22H26ClN3O3/c1-2-21(24-25-22(27)18-4-3-5-19(23)16-18)17-6-8-20(9-7-17)29-15-12-26-10-13-28-14-11-26/h3-9,16H,2,10-15H2,1H3,(H,25,27)/b24-21-. The highest BCUT2D eigenvalue weighted by Gasteiger charge is 2.10. The van der Waals surface area contributed by atoms with Crippen molar-refractivity contribution in [2.75, 3.05) is 39.5 Å². The molecule has 2 aromatic rings. The summed E-state index contributed by atoms with van der Waals surface area (Å²) in [6.45, 7) is 7.03. The smallest absolute Gasteiger partial charge is 0.271 e. The summed E-state index contributed by atoms with van der Waals surface area (Å²) in [5, 5.41) is 4.80. The minimum Gasteiger partial charge on any atom is -0.492 e. The molecular formula is C22H26ClN3O3. The minimum atomic E-state index is -0.290. The number of ether oxygens (including phenoxy) is 2. The van der Waals surface area contributed by atoms with E-state index in [1.165, 1.54) is 0 Å². The Kier molecular flexibility index (Phi) is 8.04. The maximum atomic E-state index is 12.2. The second-order valence-electron chi connectivity index (χ2n) is 6.69. The van der Waals surface area contributed by atoms with Gasteiger partial charge >= 0.3 is 0 Å². The summed E-state index contributed by atoms with van der Waals surface area (Å²) in [6, 6.07) is 14.5. The van der Waals surface area contributed by atoms with Crippen molar-refractivity contribution in [2.45, 2.75) is 13.3 Å². The quantitative estimate of drug-likeness (QED) is 0.528. The van der Waals surface area contributed by atoms with Crippen LogP contribution in [-0.4, -0.2) is 56.0 Å². The maximum absolute atomic E-state index is 12.2. The zero-order valence-corrected chi connectivity index (χ0v) is 17.3. The van der Waals surface area contributed by atoms with Crippen molar-refractivity contribution in [3.8, 4) is 5.75 Å². The van der Waals surface area contributed by atoms with Gasteiger partial charge in [0.15, 0.2) is 0 Å². The Morgan fingerprint density at radius 1 is 1.17 bits per heavy atom. The summed E-state index contributed by atoms with van der Waals surface area (Å²) >= 11 is 5.93. The molecule has 3 rings (SSSR count). The number of hydrogen-bond acceptors (Lipinski definition) is 5. The molecule has 1 amide bonds. The van der Waals surface area contributed by atoms with Gasteiger partial charge in [0.25, 0.3) is 5.91 Å². The molecule has 29 heavy (non-hydrogen) atoms. The summed E-state index contributed by atoms with van der Waals surface area (Å²) in [5.74, 6) is 0.530. The summed E-state index contributed by atoms with van der Waals surface area (Å²) < 4.78 is 11.2. The molecule has 2 aromatic carbocycles. The van der Waals surface area contributed by atoms with Crippen LogP contribution in [0.4, 0.5) is 0 Å². The number of amides is 1. The van der Waals surface area contributed by atoms with Crippen LogP contribution in [-0.2, 0) is 4.74 Å². The fourth-order valence-electron chi connectivity index (χ4n) is 3.02. The monoisotopic (exact) mass is 415 g/mol. The molecule has 1 heterocycles. The van der Waals surface area contributed by atoms with E-state index in [-0.39, 0.29) is 5.91 Å². The number of nitrogens with zero attached hydrogens (tertiary/aromatic N) is 2.